The zero-order chi connectivity index (χ0) is 29.0. The molecule has 2 unspecified atom stereocenters. The summed E-state index contributed by atoms with van der Waals surface area (Å²) in [6.07, 6.45) is -8.49. The molecule has 214 valence electrons. The van der Waals surface area contributed by atoms with E-state index in [0.29, 0.717) is 12.2 Å². The molecule has 0 spiro atoms. The monoisotopic (exact) mass is 558 g/mol. The van der Waals surface area contributed by atoms with Gasteiger partial charge >= 0.3 is 12.2 Å². The van der Waals surface area contributed by atoms with Gasteiger partial charge in [0.1, 0.15) is 17.0 Å². The molecule has 1 heterocycles. The third-order valence-corrected chi connectivity index (χ3v) is 6.61. The van der Waals surface area contributed by atoms with E-state index in [1.165, 1.54) is 0 Å². The highest BCUT2D eigenvalue weighted by molar-refractivity contribution is 6.06. The number of nitrogens with one attached hydrogen (secondary N) is 1. The van der Waals surface area contributed by atoms with Crippen LogP contribution in [0.15, 0.2) is 42.5 Å². The number of methoxy groups -OCH3 is 1. The second-order valence-electron chi connectivity index (χ2n) is 9.58. The van der Waals surface area contributed by atoms with E-state index in [0.717, 1.165) is 28.7 Å². The van der Waals surface area contributed by atoms with Crippen LogP contribution in [-0.4, -0.2) is 60.3 Å². The van der Waals surface area contributed by atoms with Crippen LogP contribution in [0.4, 0.5) is 26.7 Å². The second kappa shape index (κ2) is 11.8. The van der Waals surface area contributed by atoms with Crippen molar-refractivity contribution in [3.63, 3.8) is 0 Å². The zero-order valence-electron chi connectivity index (χ0n) is 21.8. The third kappa shape index (κ3) is 6.26. The molecule has 3 rings (SSSR count). The molecule has 2 aromatic rings. The SMILES string of the molecule is CCCc1cc(C(O)(C(F)F)C(F)(F)F)ccc1OCCCN1C(=O)NC(C)(Cc2ccc(OC)cc2)C1=O. The number of nitrogens with zero attached hydrogens (tertiary/aromatic N) is 1. The number of ether oxygens (including phenoxy) is 2. The number of benzene rings is 2. The number of aliphatic hydroxyl groups is 1. The summed E-state index contributed by atoms with van der Waals surface area (Å²) in [4.78, 5) is 26.6. The molecule has 0 aromatic heterocycles. The first-order valence-corrected chi connectivity index (χ1v) is 12.4. The number of carbonyl (C=O) groups excluding carboxylic acids is 2. The lowest BCUT2D eigenvalue weighted by Gasteiger charge is -2.30. The molecule has 1 aliphatic heterocycles. The van der Waals surface area contributed by atoms with Crippen LogP contribution in [0.2, 0.25) is 0 Å². The van der Waals surface area contributed by atoms with Gasteiger partial charge in [0.05, 0.1) is 13.7 Å². The third-order valence-electron chi connectivity index (χ3n) is 6.61. The van der Waals surface area contributed by atoms with Gasteiger partial charge in [-0.3, -0.25) is 9.69 Å². The molecule has 1 aliphatic rings. The molecule has 7 nitrogen and oxygen atoms in total. The molecule has 2 aromatic carbocycles. The first-order valence-electron chi connectivity index (χ1n) is 12.4. The second-order valence-corrected chi connectivity index (χ2v) is 9.58. The molecule has 1 fully saturated rings. The summed E-state index contributed by atoms with van der Waals surface area (Å²) in [5, 5.41) is 12.5. The fourth-order valence-electron chi connectivity index (χ4n) is 4.46. The van der Waals surface area contributed by atoms with Crippen LogP contribution < -0.4 is 14.8 Å². The van der Waals surface area contributed by atoms with Crippen LogP contribution in [0.3, 0.4) is 0 Å². The van der Waals surface area contributed by atoms with Crippen LogP contribution in [0.5, 0.6) is 11.5 Å². The maximum absolute atomic E-state index is 13.3. The molecule has 12 heteroatoms. The zero-order valence-corrected chi connectivity index (χ0v) is 21.8. The lowest BCUT2D eigenvalue weighted by atomic mass is 9.91. The number of alkyl halides is 5. The molecule has 0 bridgehead atoms. The van der Waals surface area contributed by atoms with Gasteiger partial charge in [-0.1, -0.05) is 31.5 Å². The van der Waals surface area contributed by atoms with E-state index in [1.54, 1.807) is 45.2 Å². The number of imide groups is 1. The van der Waals surface area contributed by atoms with Crippen LogP contribution >= 0.6 is 0 Å². The molecule has 0 radical (unpaired) electrons. The highest BCUT2D eigenvalue weighted by Gasteiger charge is 2.61. The number of urea groups is 1. The molecule has 1 saturated heterocycles. The number of rotatable bonds is 12. The van der Waals surface area contributed by atoms with Crippen molar-refractivity contribution in [2.24, 2.45) is 0 Å². The standard InChI is InChI=1S/C27H31F5N2O5/c1-4-6-18-15-19(26(37,22(28)29)27(30,31)32)9-12-21(18)39-14-5-13-34-23(35)25(2,33-24(34)36)16-17-7-10-20(38-3)11-8-17/h7-12,15,22,37H,4-6,13-14,16H2,1-3H3,(H,33,36). The van der Waals surface area contributed by atoms with E-state index >= 15 is 0 Å². The van der Waals surface area contributed by atoms with Crippen LogP contribution in [-0.2, 0) is 23.2 Å². The van der Waals surface area contributed by atoms with E-state index in [9.17, 15) is 36.6 Å². The van der Waals surface area contributed by atoms with Gasteiger partial charge in [-0.25, -0.2) is 13.6 Å². The van der Waals surface area contributed by atoms with Crippen LogP contribution in [0, 0.1) is 0 Å². The van der Waals surface area contributed by atoms with Crippen molar-refractivity contribution in [3.05, 3.63) is 59.2 Å². The van der Waals surface area contributed by atoms with Gasteiger partial charge in [0.2, 0.25) is 5.60 Å². The van der Waals surface area contributed by atoms with E-state index < -0.39 is 41.2 Å². The molecule has 0 saturated carbocycles. The lowest BCUT2D eigenvalue weighted by molar-refractivity contribution is -0.305. The average molecular weight is 559 g/mol. The Labute approximate surface area is 222 Å². The fourth-order valence-corrected chi connectivity index (χ4v) is 4.46. The minimum absolute atomic E-state index is 0.000695. The van der Waals surface area contributed by atoms with E-state index in [1.807, 2.05) is 0 Å². The van der Waals surface area contributed by atoms with Crippen LogP contribution in [0.1, 0.15) is 43.4 Å². The molecule has 39 heavy (non-hydrogen) atoms. The molecular formula is C27H31F5N2O5. The predicted molar refractivity (Wildman–Crippen MR) is 132 cm³/mol. The Bertz CT molecular complexity index is 1170. The van der Waals surface area contributed by atoms with Crippen molar-refractivity contribution in [3.8, 4) is 11.5 Å². The maximum atomic E-state index is 13.3. The molecule has 0 aliphatic carbocycles. The molecule has 3 amide bonds. The van der Waals surface area contributed by atoms with Crippen molar-refractivity contribution < 1.29 is 46.1 Å². The van der Waals surface area contributed by atoms with Crippen molar-refractivity contribution in [1.82, 2.24) is 10.2 Å². The predicted octanol–water partition coefficient (Wildman–Crippen LogP) is 4.98. The van der Waals surface area contributed by atoms with Gasteiger partial charge in [0.15, 0.2) is 0 Å². The van der Waals surface area contributed by atoms with Crippen molar-refractivity contribution in [2.75, 3.05) is 20.3 Å². The van der Waals surface area contributed by atoms with E-state index in [-0.39, 0.29) is 43.7 Å². The Balaban J connectivity index is 1.64. The molecular weight excluding hydrogens is 527 g/mol. The van der Waals surface area contributed by atoms with Crippen molar-refractivity contribution in [1.29, 1.82) is 0 Å². The maximum Gasteiger partial charge on any atom is 0.427 e. The average Bonchev–Trinajstić information content (AvgIpc) is 3.08. The van der Waals surface area contributed by atoms with Gasteiger partial charge in [-0.05, 0) is 60.7 Å². The Kier molecular flexibility index (Phi) is 9.09. The number of halogens is 5. The van der Waals surface area contributed by atoms with Gasteiger partial charge < -0.3 is 19.9 Å². The van der Waals surface area contributed by atoms with Gasteiger partial charge in [0, 0.05) is 13.0 Å². The molecule has 2 atom stereocenters. The van der Waals surface area contributed by atoms with Crippen molar-refractivity contribution >= 4 is 11.9 Å². The lowest BCUT2D eigenvalue weighted by Crippen LogP contribution is -2.48. The summed E-state index contributed by atoms with van der Waals surface area (Å²) in [5.41, 5.74) is -5.38. The normalized spacial score (nSPS) is 19.3. The van der Waals surface area contributed by atoms with Gasteiger partial charge in [-0.2, -0.15) is 13.2 Å². The quantitative estimate of drug-likeness (QED) is 0.218. The first kappa shape index (κ1) is 30.1. The van der Waals surface area contributed by atoms with Crippen LogP contribution in [0.25, 0.3) is 0 Å². The summed E-state index contributed by atoms with van der Waals surface area (Å²) in [6, 6.07) is 9.31. The summed E-state index contributed by atoms with van der Waals surface area (Å²) in [6.45, 7) is 3.41. The summed E-state index contributed by atoms with van der Waals surface area (Å²) < 4.78 is 77.2. The summed E-state index contributed by atoms with van der Waals surface area (Å²) in [5.74, 6) is 0.424. The van der Waals surface area contributed by atoms with Gasteiger partial charge in [0.25, 0.3) is 12.3 Å². The number of hydrogen-bond donors (Lipinski definition) is 2. The number of aryl methyl sites for hydroxylation is 1. The Morgan fingerprint density at radius 1 is 1.10 bits per heavy atom. The highest BCUT2D eigenvalue weighted by Crippen LogP contribution is 2.44. The smallest absolute Gasteiger partial charge is 0.427 e. The van der Waals surface area contributed by atoms with E-state index in [4.69, 9.17) is 9.47 Å². The number of amides is 3. The summed E-state index contributed by atoms with van der Waals surface area (Å²) in [7, 11) is 1.54. The Morgan fingerprint density at radius 3 is 2.33 bits per heavy atom. The highest BCUT2D eigenvalue weighted by atomic mass is 19.4. The number of hydrogen-bond acceptors (Lipinski definition) is 5. The van der Waals surface area contributed by atoms with Gasteiger partial charge in [-0.15, -0.1) is 0 Å². The molecule has 2 N–H and O–H groups in total. The summed E-state index contributed by atoms with van der Waals surface area (Å²) >= 11 is 0. The Hall–Kier alpha value is -3.41. The number of carbonyl (C=O) groups is 2. The first-order chi connectivity index (χ1) is 18.3. The fraction of sp³-hybridized carbons (Fsp3) is 0.481. The Morgan fingerprint density at radius 2 is 1.77 bits per heavy atom. The minimum atomic E-state index is -5.59. The largest absolute Gasteiger partial charge is 0.497 e. The minimum Gasteiger partial charge on any atom is -0.497 e. The van der Waals surface area contributed by atoms with Crippen molar-refractivity contribution in [2.45, 2.75) is 63.3 Å². The topological polar surface area (TPSA) is 88.1 Å². The van der Waals surface area contributed by atoms with E-state index in [2.05, 4.69) is 5.32 Å².